The van der Waals surface area contributed by atoms with E-state index in [4.69, 9.17) is 34.8 Å². The largest absolute Gasteiger partial charge is 0.352 e. The summed E-state index contributed by atoms with van der Waals surface area (Å²) >= 11 is 18.4. The zero-order chi connectivity index (χ0) is 29.4. The molecule has 11 heteroatoms. The number of halogens is 3. The minimum atomic E-state index is -3.92. The first-order valence-electron chi connectivity index (χ1n) is 12.7. The monoisotopic (exact) mass is 623 g/mol. The highest BCUT2D eigenvalue weighted by atomic mass is 35.5. The van der Waals surface area contributed by atoms with E-state index < -0.39 is 28.5 Å². The van der Waals surface area contributed by atoms with E-state index in [2.05, 4.69) is 5.32 Å². The summed E-state index contributed by atoms with van der Waals surface area (Å²) in [4.78, 5) is 29.1. The molecule has 2 amide bonds. The molecule has 1 N–H and O–H groups in total. The van der Waals surface area contributed by atoms with Crippen molar-refractivity contribution in [1.82, 2.24) is 10.2 Å². The van der Waals surface area contributed by atoms with Crippen LogP contribution >= 0.6 is 34.8 Å². The molecule has 7 nitrogen and oxygen atoms in total. The van der Waals surface area contributed by atoms with E-state index >= 15 is 0 Å². The average Bonchev–Trinajstić information content (AvgIpc) is 2.90. The number of carbonyl (C=O) groups is 2. The molecule has 40 heavy (non-hydrogen) atoms. The first-order valence-corrected chi connectivity index (χ1v) is 15.7. The third kappa shape index (κ3) is 8.86. The number of anilines is 1. The van der Waals surface area contributed by atoms with Crippen LogP contribution in [0.15, 0.2) is 72.8 Å². The minimum Gasteiger partial charge on any atom is -0.352 e. The second-order valence-corrected chi connectivity index (χ2v) is 12.7. The van der Waals surface area contributed by atoms with Gasteiger partial charge in [0.05, 0.1) is 22.0 Å². The van der Waals surface area contributed by atoms with Crippen LogP contribution in [0, 0.1) is 0 Å². The molecule has 2 atom stereocenters. The van der Waals surface area contributed by atoms with Crippen molar-refractivity contribution in [1.29, 1.82) is 0 Å². The molecule has 3 aromatic rings. The van der Waals surface area contributed by atoms with Crippen molar-refractivity contribution in [2.75, 3.05) is 17.1 Å². The Balaban J connectivity index is 2.07. The first-order chi connectivity index (χ1) is 18.9. The van der Waals surface area contributed by atoms with E-state index in [-0.39, 0.29) is 40.6 Å². The number of sulfonamides is 1. The molecule has 0 unspecified atom stereocenters. The molecule has 214 valence electrons. The van der Waals surface area contributed by atoms with Crippen LogP contribution in [0.5, 0.6) is 0 Å². The van der Waals surface area contributed by atoms with Crippen LogP contribution in [0.3, 0.4) is 0 Å². The lowest BCUT2D eigenvalue weighted by molar-refractivity contribution is -0.140. The highest BCUT2D eigenvalue weighted by molar-refractivity contribution is 7.92. The Labute approximate surface area is 251 Å². The molecule has 0 aliphatic heterocycles. The summed E-state index contributed by atoms with van der Waals surface area (Å²) in [6, 6.07) is 19.6. The number of carbonyl (C=O) groups excluding carboxylic acids is 2. The van der Waals surface area contributed by atoms with Crippen molar-refractivity contribution >= 4 is 62.3 Å². The Kier molecular flexibility index (Phi) is 11.3. The standard InChI is InChI=1S/C29H32Cl3N3O4S/c1-4-20(2)33-29(37)27(16-21-9-6-5-7-10-21)34(18-22-11-8-12-23(30)15-22)28(36)19-35(40(3,38)39)24-13-14-25(31)26(32)17-24/h5-15,17,20,27H,4,16,18-19H2,1-3H3,(H,33,37)/t20-,27+/m0/s1. The summed E-state index contributed by atoms with van der Waals surface area (Å²) in [5.41, 5.74) is 1.72. The van der Waals surface area contributed by atoms with Crippen LogP contribution in [0.4, 0.5) is 5.69 Å². The van der Waals surface area contributed by atoms with Crippen LogP contribution in [-0.4, -0.2) is 50.0 Å². The molecule has 0 aliphatic carbocycles. The maximum atomic E-state index is 14.1. The number of amides is 2. The molecule has 0 aromatic heterocycles. The smallest absolute Gasteiger partial charge is 0.244 e. The van der Waals surface area contributed by atoms with Gasteiger partial charge in [0.25, 0.3) is 0 Å². The van der Waals surface area contributed by atoms with Gasteiger partial charge >= 0.3 is 0 Å². The Morgan fingerprint density at radius 2 is 1.57 bits per heavy atom. The Morgan fingerprint density at radius 1 is 0.900 bits per heavy atom. The highest BCUT2D eigenvalue weighted by Crippen LogP contribution is 2.29. The SMILES string of the molecule is CC[C@H](C)NC(=O)[C@@H](Cc1ccccc1)N(Cc1cccc(Cl)c1)C(=O)CN(c1ccc(Cl)c(Cl)c1)S(C)(=O)=O. The summed E-state index contributed by atoms with van der Waals surface area (Å²) in [7, 11) is -3.92. The predicted octanol–water partition coefficient (Wildman–Crippen LogP) is 5.97. The molecular formula is C29H32Cl3N3O4S. The second-order valence-electron chi connectivity index (χ2n) is 9.54. The predicted molar refractivity (Wildman–Crippen MR) is 162 cm³/mol. The minimum absolute atomic E-state index is 0.0315. The van der Waals surface area contributed by atoms with Crippen LogP contribution < -0.4 is 9.62 Å². The average molecular weight is 625 g/mol. The van der Waals surface area contributed by atoms with Crippen LogP contribution in [0.2, 0.25) is 15.1 Å². The number of nitrogens with one attached hydrogen (secondary N) is 1. The Bertz CT molecular complexity index is 1440. The second kappa shape index (κ2) is 14.2. The van der Waals surface area contributed by atoms with Crippen LogP contribution in [0.25, 0.3) is 0 Å². The van der Waals surface area contributed by atoms with Crippen LogP contribution in [0.1, 0.15) is 31.4 Å². The highest BCUT2D eigenvalue weighted by Gasteiger charge is 2.33. The maximum Gasteiger partial charge on any atom is 0.244 e. The molecule has 0 radical (unpaired) electrons. The summed E-state index contributed by atoms with van der Waals surface area (Å²) in [5.74, 6) is -0.911. The van der Waals surface area contributed by atoms with Gasteiger partial charge in [0.2, 0.25) is 21.8 Å². The van der Waals surface area contributed by atoms with Gasteiger partial charge < -0.3 is 10.2 Å². The number of rotatable bonds is 12. The molecule has 0 saturated heterocycles. The lowest BCUT2D eigenvalue weighted by Gasteiger charge is -2.34. The fourth-order valence-corrected chi connectivity index (χ4v) is 5.43. The van der Waals surface area contributed by atoms with E-state index in [0.717, 1.165) is 16.1 Å². The summed E-state index contributed by atoms with van der Waals surface area (Å²) in [5, 5.41) is 3.85. The van der Waals surface area contributed by atoms with E-state index in [9.17, 15) is 18.0 Å². The normalized spacial score (nSPS) is 12.8. The summed E-state index contributed by atoms with van der Waals surface area (Å²) < 4.78 is 26.7. The van der Waals surface area contributed by atoms with Gasteiger partial charge in [-0.1, -0.05) is 84.2 Å². The Hall–Kier alpha value is -2.78. The molecule has 0 fully saturated rings. The van der Waals surface area contributed by atoms with Gasteiger partial charge in [0.1, 0.15) is 12.6 Å². The third-order valence-corrected chi connectivity index (χ3v) is 8.50. The van der Waals surface area contributed by atoms with Gasteiger partial charge in [0.15, 0.2) is 0 Å². The van der Waals surface area contributed by atoms with Gasteiger partial charge in [0, 0.05) is 24.0 Å². The molecule has 0 saturated carbocycles. The molecule has 0 aliphatic rings. The number of hydrogen-bond acceptors (Lipinski definition) is 4. The van der Waals surface area contributed by atoms with Crippen molar-refractivity contribution in [2.24, 2.45) is 0 Å². The first kappa shape index (κ1) is 31.7. The quantitative estimate of drug-likeness (QED) is 0.269. The van der Waals surface area contributed by atoms with Crippen molar-refractivity contribution < 1.29 is 18.0 Å². The van der Waals surface area contributed by atoms with Gasteiger partial charge in [-0.05, 0) is 54.8 Å². The van der Waals surface area contributed by atoms with E-state index in [0.29, 0.717) is 17.0 Å². The van der Waals surface area contributed by atoms with Gasteiger partial charge in [-0.3, -0.25) is 13.9 Å². The fraction of sp³-hybridized carbons (Fsp3) is 0.310. The number of benzene rings is 3. The molecule has 0 bridgehead atoms. The lowest BCUT2D eigenvalue weighted by atomic mass is 10.0. The topological polar surface area (TPSA) is 86.8 Å². The molecule has 0 spiro atoms. The zero-order valence-electron chi connectivity index (χ0n) is 22.5. The van der Waals surface area contributed by atoms with E-state index in [1.807, 2.05) is 44.2 Å². The molecular weight excluding hydrogens is 593 g/mol. The zero-order valence-corrected chi connectivity index (χ0v) is 25.6. The fourth-order valence-electron chi connectivity index (χ4n) is 4.08. The number of hydrogen-bond donors (Lipinski definition) is 1. The van der Waals surface area contributed by atoms with Gasteiger partial charge in [-0.25, -0.2) is 8.42 Å². The number of nitrogens with zero attached hydrogens (tertiary/aromatic N) is 2. The molecule has 0 heterocycles. The van der Waals surface area contributed by atoms with Crippen LogP contribution in [-0.2, 0) is 32.6 Å². The van der Waals surface area contributed by atoms with E-state index in [1.54, 1.807) is 24.3 Å². The molecule has 3 aromatic carbocycles. The lowest BCUT2D eigenvalue weighted by Crippen LogP contribution is -2.54. The van der Waals surface area contributed by atoms with Crippen molar-refractivity contribution in [2.45, 2.75) is 45.3 Å². The molecule has 3 rings (SSSR count). The summed E-state index contributed by atoms with van der Waals surface area (Å²) in [6.45, 7) is 3.31. The maximum absolute atomic E-state index is 14.1. The van der Waals surface area contributed by atoms with Crippen molar-refractivity contribution in [3.05, 3.63) is 99.0 Å². The third-order valence-electron chi connectivity index (χ3n) is 6.38. The van der Waals surface area contributed by atoms with Gasteiger partial charge in [-0.15, -0.1) is 0 Å². The van der Waals surface area contributed by atoms with E-state index in [1.165, 1.54) is 23.1 Å². The van der Waals surface area contributed by atoms with Gasteiger partial charge in [-0.2, -0.15) is 0 Å². The van der Waals surface area contributed by atoms with Crippen molar-refractivity contribution in [3.63, 3.8) is 0 Å². The Morgan fingerprint density at radius 3 is 2.17 bits per heavy atom. The van der Waals surface area contributed by atoms with Crippen molar-refractivity contribution in [3.8, 4) is 0 Å². The summed E-state index contributed by atoms with van der Waals surface area (Å²) in [6.07, 6.45) is 1.92.